The van der Waals surface area contributed by atoms with Crippen LogP contribution in [0.2, 0.25) is 0 Å². The monoisotopic (exact) mass is 338 g/mol. The molecule has 0 aliphatic carbocycles. The van der Waals surface area contributed by atoms with Gasteiger partial charge in [0.05, 0.1) is 7.11 Å². The molecule has 1 aliphatic heterocycles. The third-order valence-electron chi connectivity index (χ3n) is 5.09. The normalized spacial score (nSPS) is 21.2. The quantitative estimate of drug-likeness (QED) is 0.911. The van der Waals surface area contributed by atoms with E-state index in [1.807, 2.05) is 47.4 Å². The second-order valence-corrected chi connectivity index (χ2v) is 6.86. The largest absolute Gasteiger partial charge is 0.497 e. The Hall–Kier alpha value is -2.33. The van der Waals surface area contributed by atoms with E-state index >= 15 is 0 Å². The van der Waals surface area contributed by atoms with Crippen LogP contribution in [0.4, 0.5) is 0 Å². The number of ether oxygens (including phenoxy) is 1. The third-order valence-corrected chi connectivity index (χ3v) is 5.09. The minimum atomic E-state index is -0.00141. The van der Waals surface area contributed by atoms with Crippen molar-refractivity contribution in [3.8, 4) is 5.75 Å². The highest BCUT2D eigenvalue weighted by Crippen LogP contribution is 2.29. The molecule has 1 unspecified atom stereocenters. The molecule has 132 valence electrons. The van der Waals surface area contributed by atoms with Gasteiger partial charge < -0.3 is 15.4 Å². The maximum absolute atomic E-state index is 12.7. The minimum absolute atomic E-state index is 0.00141. The van der Waals surface area contributed by atoms with Gasteiger partial charge in [0.25, 0.3) is 0 Å². The number of benzene rings is 2. The van der Waals surface area contributed by atoms with Gasteiger partial charge >= 0.3 is 0 Å². The summed E-state index contributed by atoms with van der Waals surface area (Å²) in [4.78, 5) is 14.7. The van der Waals surface area contributed by atoms with Crippen LogP contribution < -0.4 is 10.5 Å². The molecule has 0 saturated carbocycles. The Morgan fingerprint density at radius 2 is 1.96 bits per heavy atom. The standard InChI is InChI=1S/C21H26N2O2/c1-15(17-9-6-10-18(12-17)25-2)11-21(24)23-13-19(20(22)14-23)16-7-4-3-5-8-16/h3-10,12,15,19-20H,11,13-14,22H2,1-2H3/t15?,19-,20+/m0/s1. The van der Waals surface area contributed by atoms with Gasteiger partial charge in [0, 0.05) is 31.5 Å². The van der Waals surface area contributed by atoms with Gasteiger partial charge in [-0.2, -0.15) is 0 Å². The predicted octanol–water partition coefficient (Wildman–Crippen LogP) is 3.14. The predicted molar refractivity (Wildman–Crippen MR) is 99.8 cm³/mol. The molecule has 2 aromatic rings. The molecule has 2 aromatic carbocycles. The molecule has 1 saturated heterocycles. The zero-order valence-corrected chi connectivity index (χ0v) is 14.9. The highest BCUT2D eigenvalue weighted by molar-refractivity contribution is 5.77. The fourth-order valence-corrected chi connectivity index (χ4v) is 3.54. The molecule has 2 N–H and O–H groups in total. The summed E-state index contributed by atoms with van der Waals surface area (Å²) in [6, 6.07) is 18.2. The van der Waals surface area contributed by atoms with E-state index in [0.717, 1.165) is 11.3 Å². The molecule has 0 spiro atoms. The molecule has 0 bridgehead atoms. The maximum Gasteiger partial charge on any atom is 0.223 e. The summed E-state index contributed by atoms with van der Waals surface area (Å²) in [6.45, 7) is 3.41. The van der Waals surface area contributed by atoms with Gasteiger partial charge in [0.15, 0.2) is 0 Å². The average Bonchev–Trinajstić information content (AvgIpc) is 3.04. The highest BCUT2D eigenvalue weighted by Gasteiger charge is 2.34. The van der Waals surface area contributed by atoms with Crippen LogP contribution in [-0.2, 0) is 4.79 Å². The number of carbonyl (C=O) groups is 1. The number of nitrogens with zero attached hydrogens (tertiary/aromatic N) is 1. The van der Waals surface area contributed by atoms with Gasteiger partial charge in [0.2, 0.25) is 5.91 Å². The molecule has 4 nitrogen and oxygen atoms in total. The third kappa shape index (κ3) is 4.02. The Kier molecular flexibility index (Phi) is 5.39. The Morgan fingerprint density at radius 1 is 1.20 bits per heavy atom. The van der Waals surface area contributed by atoms with Gasteiger partial charge in [-0.25, -0.2) is 0 Å². The van der Waals surface area contributed by atoms with E-state index < -0.39 is 0 Å². The molecule has 0 aromatic heterocycles. The van der Waals surface area contributed by atoms with Crippen molar-refractivity contribution in [2.75, 3.05) is 20.2 Å². The number of hydrogen-bond acceptors (Lipinski definition) is 3. The van der Waals surface area contributed by atoms with Gasteiger partial charge in [0.1, 0.15) is 5.75 Å². The summed E-state index contributed by atoms with van der Waals surface area (Å²) in [7, 11) is 1.66. The van der Waals surface area contributed by atoms with Crippen molar-refractivity contribution in [1.82, 2.24) is 4.90 Å². The van der Waals surface area contributed by atoms with Crippen LogP contribution in [0.5, 0.6) is 5.75 Å². The molecular formula is C21H26N2O2. The first-order valence-corrected chi connectivity index (χ1v) is 8.80. The second-order valence-electron chi connectivity index (χ2n) is 6.86. The Morgan fingerprint density at radius 3 is 2.68 bits per heavy atom. The summed E-state index contributed by atoms with van der Waals surface area (Å²) in [5.74, 6) is 1.36. The van der Waals surface area contributed by atoms with Gasteiger partial charge in [-0.05, 0) is 29.2 Å². The SMILES string of the molecule is COc1cccc(C(C)CC(=O)N2C[C@@H](N)[C@H](c3ccccc3)C2)c1. The summed E-state index contributed by atoms with van der Waals surface area (Å²) in [5.41, 5.74) is 8.64. The van der Waals surface area contributed by atoms with Crippen LogP contribution >= 0.6 is 0 Å². The summed E-state index contributed by atoms with van der Waals surface area (Å²) < 4.78 is 5.28. The van der Waals surface area contributed by atoms with Gasteiger partial charge in [-0.1, -0.05) is 49.4 Å². The maximum atomic E-state index is 12.7. The van der Waals surface area contributed by atoms with Gasteiger partial charge in [-0.15, -0.1) is 0 Å². The van der Waals surface area contributed by atoms with Gasteiger partial charge in [-0.3, -0.25) is 4.79 Å². The van der Waals surface area contributed by atoms with Crippen LogP contribution in [0.3, 0.4) is 0 Å². The molecule has 3 rings (SSSR count). The fraction of sp³-hybridized carbons (Fsp3) is 0.381. The van der Waals surface area contributed by atoms with E-state index in [-0.39, 0.29) is 23.8 Å². The summed E-state index contributed by atoms with van der Waals surface area (Å²) in [6.07, 6.45) is 0.487. The van der Waals surface area contributed by atoms with E-state index in [2.05, 4.69) is 19.1 Å². The molecule has 1 heterocycles. The van der Waals surface area contributed by atoms with Crippen LogP contribution in [0, 0.1) is 0 Å². The van der Waals surface area contributed by atoms with E-state index in [1.54, 1.807) is 7.11 Å². The minimum Gasteiger partial charge on any atom is -0.497 e. The molecule has 25 heavy (non-hydrogen) atoms. The molecule has 1 aliphatic rings. The van der Waals surface area contributed by atoms with Crippen LogP contribution in [0.25, 0.3) is 0 Å². The first-order valence-electron chi connectivity index (χ1n) is 8.80. The Bertz CT molecular complexity index is 717. The first kappa shape index (κ1) is 17.5. The van der Waals surface area contributed by atoms with Crippen LogP contribution in [-0.4, -0.2) is 37.0 Å². The lowest BCUT2D eigenvalue weighted by atomic mass is 9.95. The van der Waals surface area contributed by atoms with Crippen molar-refractivity contribution >= 4 is 5.91 Å². The lowest BCUT2D eigenvalue weighted by Gasteiger charge is -2.19. The number of nitrogens with two attached hydrogens (primary N) is 1. The van der Waals surface area contributed by atoms with Crippen molar-refractivity contribution in [1.29, 1.82) is 0 Å². The molecule has 3 atom stereocenters. The number of hydrogen-bond donors (Lipinski definition) is 1. The molecule has 1 fully saturated rings. The van der Waals surface area contributed by atoms with Crippen LogP contribution in [0.1, 0.15) is 36.3 Å². The number of carbonyl (C=O) groups excluding carboxylic acids is 1. The number of methoxy groups -OCH3 is 1. The van der Waals surface area contributed by atoms with Crippen LogP contribution in [0.15, 0.2) is 54.6 Å². The van der Waals surface area contributed by atoms with E-state index in [9.17, 15) is 4.79 Å². The van der Waals surface area contributed by atoms with E-state index in [4.69, 9.17) is 10.5 Å². The smallest absolute Gasteiger partial charge is 0.223 e. The molecule has 4 heteroatoms. The first-order chi connectivity index (χ1) is 12.1. The van der Waals surface area contributed by atoms with E-state index in [0.29, 0.717) is 19.5 Å². The molecular weight excluding hydrogens is 312 g/mol. The highest BCUT2D eigenvalue weighted by atomic mass is 16.5. The second kappa shape index (κ2) is 7.70. The number of likely N-dealkylation sites (tertiary alicyclic amines) is 1. The zero-order chi connectivity index (χ0) is 17.8. The van der Waals surface area contributed by atoms with Crippen molar-refractivity contribution in [2.45, 2.75) is 31.2 Å². The zero-order valence-electron chi connectivity index (χ0n) is 14.9. The molecule has 0 radical (unpaired) electrons. The topological polar surface area (TPSA) is 55.6 Å². The van der Waals surface area contributed by atoms with Crippen molar-refractivity contribution in [3.05, 3.63) is 65.7 Å². The van der Waals surface area contributed by atoms with Crippen molar-refractivity contribution < 1.29 is 9.53 Å². The Labute approximate surface area is 149 Å². The lowest BCUT2D eigenvalue weighted by Crippen LogP contribution is -2.32. The molecule has 1 amide bonds. The number of amides is 1. The fourth-order valence-electron chi connectivity index (χ4n) is 3.54. The lowest BCUT2D eigenvalue weighted by molar-refractivity contribution is -0.130. The Balaban J connectivity index is 1.63. The average molecular weight is 338 g/mol. The summed E-state index contributed by atoms with van der Waals surface area (Å²) >= 11 is 0. The number of rotatable bonds is 5. The van der Waals surface area contributed by atoms with E-state index in [1.165, 1.54) is 5.56 Å². The van der Waals surface area contributed by atoms with Crippen molar-refractivity contribution in [3.63, 3.8) is 0 Å². The van der Waals surface area contributed by atoms with Crippen molar-refractivity contribution in [2.24, 2.45) is 5.73 Å². The summed E-state index contributed by atoms with van der Waals surface area (Å²) in [5, 5.41) is 0.